The molecule has 1 rings (SSSR count). The van der Waals surface area contributed by atoms with E-state index in [0.717, 1.165) is 18.4 Å². The van der Waals surface area contributed by atoms with Crippen LogP contribution in [0.4, 0.5) is 4.39 Å². The van der Waals surface area contributed by atoms with Crippen LogP contribution in [-0.4, -0.2) is 6.17 Å². The average molecular weight is 142 g/mol. The van der Waals surface area contributed by atoms with Crippen molar-refractivity contribution in [3.8, 4) is 0 Å². The highest BCUT2D eigenvalue weighted by molar-refractivity contribution is 5.12. The smallest absolute Gasteiger partial charge is 0.107 e. The monoisotopic (exact) mass is 142 g/mol. The van der Waals surface area contributed by atoms with Crippen molar-refractivity contribution in [3.05, 3.63) is 12.2 Å². The van der Waals surface area contributed by atoms with E-state index in [1.165, 1.54) is 0 Å². The molecular formula is C9H15F. The summed E-state index contributed by atoms with van der Waals surface area (Å²) in [6.45, 7) is 8.15. The Morgan fingerprint density at radius 1 is 1.70 bits per heavy atom. The van der Waals surface area contributed by atoms with Crippen LogP contribution in [0, 0.1) is 11.8 Å². The Morgan fingerprint density at radius 3 is 2.50 bits per heavy atom. The number of alkyl halides is 1. The number of halogens is 1. The molecule has 0 spiro atoms. The summed E-state index contributed by atoms with van der Waals surface area (Å²) in [6.07, 6.45) is 1.16. The molecule has 0 N–H and O–H groups in total. The maximum absolute atomic E-state index is 12.4. The summed E-state index contributed by atoms with van der Waals surface area (Å²) >= 11 is 0. The Labute approximate surface area is 62.1 Å². The molecular weight excluding hydrogens is 127 g/mol. The lowest BCUT2D eigenvalue weighted by atomic mass is 10.0. The second-order valence-electron chi connectivity index (χ2n) is 3.61. The van der Waals surface area contributed by atoms with Crippen molar-refractivity contribution in [1.29, 1.82) is 0 Å². The fourth-order valence-corrected chi connectivity index (χ4v) is 1.26. The van der Waals surface area contributed by atoms with Crippen LogP contribution >= 0.6 is 0 Å². The van der Waals surface area contributed by atoms with Crippen LogP contribution in [0.15, 0.2) is 12.2 Å². The molecule has 0 saturated heterocycles. The third kappa shape index (κ3) is 1.83. The summed E-state index contributed by atoms with van der Waals surface area (Å²) in [4.78, 5) is 0. The maximum Gasteiger partial charge on any atom is 0.107 e. The quantitative estimate of drug-likeness (QED) is 0.531. The van der Waals surface area contributed by atoms with E-state index < -0.39 is 6.17 Å². The predicted octanol–water partition coefficient (Wildman–Crippen LogP) is 2.95. The van der Waals surface area contributed by atoms with Gasteiger partial charge in [0.05, 0.1) is 0 Å². The number of rotatable bonds is 3. The highest BCUT2D eigenvalue weighted by atomic mass is 19.1. The second-order valence-corrected chi connectivity index (χ2v) is 3.61. The van der Waals surface area contributed by atoms with Gasteiger partial charge in [-0.05, 0) is 18.8 Å². The van der Waals surface area contributed by atoms with Gasteiger partial charge in [0, 0.05) is 5.92 Å². The highest BCUT2D eigenvalue weighted by Gasteiger charge is 2.39. The van der Waals surface area contributed by atoms with Gasteiger partial charge in [-0.3, -0.25) is 0 Å². The first kappa shape index (κ1) is 7.77. The molecule has 2 atom stereocenters. The van der Waals surface area contributed by atoms with Gasteiger partial charge in [-0.15, -0.1) is 0 Å². The zero-order valence-electron chi connectivity index (χ0n) is 6.73. The van der Waals surface area contributed by atoms with E-state index in [9.17, 15) is 4.39 Å². The molecule has 1 heteroatoms. The highest BCUT2D eigenvalue weighted by Crippen LogP contribution is 2.41. The van der Waals surface area contributed by atoms with Crippen LogP contribution in [0.3, 0.4) is 0 Å². The molecule has 1 aliphatic carbocycles. The summed E-state index contributed by atoms with van der Waals surface area (Å²) in [7, 11) is 0. The Morgan fingerprint density at radius 2 is 2.20 bits per heavy atom. The van der Waals surface area contributed by atoms with Gasteiger partial charge in [0.1, 0.15) is 6.17 Å². The van der Waals surface area contributed by atoms with E-state index in [-0.39, 0.29) is 5.92 Å². The zero-order valence-corrected chi connectivity index (χ0v) is 6.73. The van der Waals surface area contributed by atoms with Crippen LogP contribution in [0.5, 0.6) is 0 Å². The average Bonchev–Trinajstić information content (AvgIpc) is 2.44. The number of allylic oxidation sites excluding steroid dienone is 1. The van der Waals surface area contributed by atoms with Crippen LogP contribution < -0.4 is 0 Å². The summed E-state index contributed by atoms with van der Waals surface area (Å²) in [5.74, 6) is 0.836. The summed E-state index contributed by atoms with van der Waals surface area (Å²) in [5, 5.41) is 0. The zero-order chi connectivity index (χ0) is 7.72. The Bertz CT molecular complexity index is 138. The first-order valence-corrected chi connectivity index (χ1v) is 3.93. The maximum atomic E-state index is 12.4. The predicted molar refractivity (Wildman–Crippen MR) is 41.6 cm³/mol. The van der Waals surface area contributed by atoms with Gasteiger partial charge in [0.2, 0.25) is 0 Å². The minimum atomic E-state index is -0.564. The molecule has 0 aromatic rings. The van der Waals surface area contributed by atoms with Gasteiger partial charge in [0.15, 0.2) is 0 Å². The van der Waals surface area contributed by atoms with Crippen molar-refractivity contribution in [2.24, 2.45) is 11.8 Å². The molecule has 0 unspecified atom stereocenters. The molecule has 0 nitrogen and oxygen atoms in total. The number of hydrogen-bond donors (Lipinski definition) is 0. The summed E-state index contributed by atoms with van der Waals surface area (Å²) in [5.41, 5.74) is 1.11. The lowest BCUT2D eigenvalue weighted by Gasteiger charge is -2.05. The third-order valence-electron chi connectivity index (χ3n) is 1.91. The first-order chi connectivity index (χ1) is 4.61. The molecule has 0 heterocycles. The molecule has 0 aliphatic heterocycles. The minimum Gasteiger partial charge on any atom is -0.247 e. The fourth-order valence-electron chi connectivity index (χ4n) is 1.26. The molecule has 1 aliphatic rings. The fraction of sp³-hybridized carbons (Fsp3) is 0.778. The summed E-state index contributed by atoms with van der Waals surface area (Å²) < 4.78 is 12.4. The topological polar surface area (TPSA) is 0 Å². The van der Waals surface area contributed by atoms with Gasteiger partial charge in [0.25, 0.3) is 0 Å². The van der Waals surface area contributed by atoms with Gasteiger partial charge in [-0.2, -0.15) is 0 Å². The second kappa shape index (κ2) is 2.73. The van der Waals surface area contributed by atoms with Crippen LogP contribution in [0.2, 0.25) is 0 Å². The lowest BCUT2D eigenvalue weighted by molar-refractivity contribution is 0.453. The van der Waals surface area contributed by atoms with E-state index in [0.29, 0.717) is 5.92 Å². The normalized spacial score (nSPS) is 30.8. The minimum absolute atomic E-state index is 0.211. The molecule has 1 saturated carbocycles. The lowest BCUT2D eigenvalue weighted by Crippen LogP contribution is -1.93. The molecule has 58 valence electrons. The molecule has 0 aromatic carbocycles. The van der Waals surface area contributed by atoms with E-state index in [1.54, 1.807) is 0 Å². The van der Waals surface area contributed by atoms with Crippen molar-refractivity contribution in [2.45, 2.75) is 32.9 Å². The number of hydrogen-bond acceptors (Lipinski definition) is 0. The van der Waals surface area contributed by atoms with Crippen molar-refractivity contribution in [1.82, 2.24) is 0 Å². The largest absolute Gasteiger partial charge is 0.247 e. The molecule has 10 heavy (non-hydrogen) atoms. The van der Waals surface area contributed by atoms with E-state index in [2.05, 4.69) is 20.4 Å². The Kier molecular flexibility index (Phi) is 2.12. The first-order valence-electron chi connectivity index (χ1n) is 3.93. The van der Waals surface area contributed by atoms with Gasteiger partial charge >= 0.3 is 0 Å². The molecule has 0 aromatic heterocycles. The molecule has 0 bridgehead atoms. The van der Waals surface area contributed by atoms with Crippen molar-refractivity contribution in [3.63, 3.8) is 0 Å². The van der Waals surface area contributed by atoms with Crippen molar-refractivity contribution in [2.75, 3.05) is 0 Å². The van der Waals surface area contributed by atoms with Gasteiger partial charge < -0.3 is 0 Å². The van der Waals surface area contributed by atoms with Crippen LogP contribution in [0.1, 0.15) is 26.7 Å². The third-order valence-corrected chi connectivity index (χ3v) is 1.91. The molecule has 1 fully saturated rings. The van der Waals surface area contributed by atoms with Crippen LogP contribution in [0.25, 0.3) is 0 Å². The Hall–Kier alpha value is -0.330. The molecule has 0 radical (unpaired) electrons. The van der Waals surface area contributed by atoms with E-state index in [4.69, 9.17) is 0 Å². The van der Waals surface area contributed by atoms with E-state index in [1.807, 2.05) is 0 Å². The molecule has 0 amide bonds. The van der Waals surface area contributed by atoms with Crippen molar-refractivity contribution >= 4 is 0 Å². The van der Waals surface area contributed by atoms with Gasteiger partial charge in [-0.25, -0.2) is 4.39 Å². The standard InChI is InChI=1S/C9H15F/c1-6(2)4-7(3)8-5-9(8)10/h6,8-9H,3-5H2,1-2H3/t8-,9+/m0/s1. The van der Waals surface area contributed by atoms with Gasteiger partial charge in [-0.1, -0.05) is 26.0 Å². The SMILES string of the molecule is C=C(CC(C)C)[C@@H]1C[C@H]1F. The van der Waals surface area contributed by atoms with E-state index >= 15 is 0 Å². The summed E-state index contributed by atoms with van der Waals surface area (Å²) in [6, 6.07) is 0. The van der Waals surface area contributed by atoms with Crippen molar-refractivity contribution < 1.29 is 4.39 Å². The van der Waals surface area contributed by atoms with Crippen LogP contribution in [-0.2, 0) is 0 Å². The Balaban J connectivity index is 2.23.